The summed E-state index contributed by atoms with van der Waals surface area (Å²) in [4.78, 5) is 24.7. The Morgan fingerprint density at radius 3 is 2.59 bits per heavy atom. The van der Waals surface area contributed by atoms with E-state index in [9.17, 15) is 9.59 Å². The zero-order valence-corrected chi connectivity index (χ0v) is 10.4. The lowest BCUT2D eigenvalue weighted by atomic mass is 10.0. The molecule has 0 radical (unpaired) electrons. The van der Waals surface area contributed by atoms with Gasteiger partial charge < -0.3 is 4.90 Å². The fourth-order valence-corrected chi connectivity index (χ4v) is 1.99. The molecule has 0 bridgehead atoms. The van der Waals surface area contributed by atoms with Gasteiger partial charge in [0.1, 0.15) is 5.54 Å². The Morgan fingerprint density at radius 1 is 1.35 bits per heavy atom. The molecular formula is C12H13ClN2O2. The van der Waals surface area contributed by atoms with Gasteiger partial charge >= 0.3 is 6.03 Å². The molecule has 1 aliphatic rings. The first-order valence-electron chi connectivity index (χ1n) is 5.29. The predicted octanol–water partition coefficient (Wildman–Crippen LogP) is 2.17. The summed E-state index contributed by atoms with van der Waals surface area (Å²) in [5.74, 6) is -0.274. The van der Waals surface area contributed by atoms with Gasteiger partial charge in [-0.3, -0.25) is 10.1 Å². The Bertz CT molecular complexity index is 485. The normalized spacial score (nSPS) is 18.4. The zero-order valence-electron chi connectivity index (χ0n) is 9.66. The molecule has 0 aliphatic carbocycles. The number of nitrogens with zero attached hydrogens (tertiary/aromatic N) is 1. The van der Waals surface area contributed by atoms with E-state index in [0.717, 1.165) is 5.56 Å². The van der Waals surface area contributed by atoms with E-state index in [1.807, 2.05) is 12.1 Å². The minimum Gasteiger partial charge on any atom is -0.306 e. The summed E-state index contributed by atoms with van der Waals surface area (Å²) in [6, 6.07) is 6.89. The van der Waals surface area contributed by atoms with Crippen LogP contribution in [0.25, 0.3) is 0 Å². The molecule has 3 amide bonds. The van der Waals surface area contributed by atoms with E-state index >= 15 is 0 Å². The van der Waals surface area contributed by atoms with Crippen molar-refractivity contribution in [3.05, 3.63) is 34.9 Å². The maximum absolute atomic E-state index is 11.7. The molecule has 0 spiro atoms. The number of carbonyl (C=O) groups is 2. The summed E-state index contributed by atoms with van der Waals surface area (Å²) in [5, 5.41) is 2.92. The van der Waals surface area contributed by atoms with Crippen LogP contribution in [-0.4, -0.2) is 22.4 Å². The van der Waals surface area contributed by atoms with Gasteiger partial charge in [-0.05, 0) is 31.5 Å². The maximum atomic E-state index is 11.7. The molecule has 5 heteroatoms. The van der Waals surface area contributed by atoms with Crippen LogP contribution in [0.2, 0.25) is 5.02 Å². The second-order valence-corrected chi connectivity index (χ2v) is 4.97. The quantitative estimate of drug-likeness (QED) is 0.820. The van der Waals surface area contributed by atoms with Crippen molar-refractivity contribution in [1.29, 1.82) is 0 Å². The van der Waals surface area contributed by atoms with Crippen LogP contribution in [0.3, 0.4) is 0 Å². The second kappa shape index (κ2) is 4.04. The average Bonchev–Trinajstić information content (AvgIpc) is 2.42. The first-order valence-corrected chi connectivity index (χ1v) is 5.66. The Morgan fingerprint density at radius 2 is 2.06 bits per heavy atom. The Kier molecular flexibility index (Phi) is 2.83. The van der Waals surface area contributed by atoms with Gasteiger partial charge in [0.2, 0.25) is 0 Å². The molecule has 1 saturated heterocycles. The summed E-state index contributed by atoms with van der Waals surface area (Å²) in [6.07, 6.45) is 0. The van der Waals surface area contributed by atoms with Crippen molar-refractivity contribution in [3.8, 4) is 0 Å². The van der Waals surface area contributed by atoms with Crippen LogP contribution in [0.5, 0.6) is 0 Å². The van der Waals surface area contributed by atoms with Gasteiger partial charge in [-0.25, -0.2) is 4.79 Å². The molecule has 17 heavy (non-hydrogen) atoms. The van der Waals surface area contributed by atoms with Gasteiger partial charge in [-0.15, -0.1) is 0 Å². The lowest BCUT2D eigenvalue weighted by Crippen LogP contribution is -2.43. The third kappa shape index (κ3) is 2.13. The number of nitrogens with one attached hydrogen (secondary N) is 1. The van der Waals surface area contributed by atoms with E-state index in [2.05, 4.69) is 5.32 Å². The summed E-state index contributed by atoms with van der Waals surface area (Å²) in [6.45, 7) is 3.81. The smallest absolute Gasteiger partial charge is 0.306 e. The maximum Gasteiger partial charge on any atom is 0.325 e. The highest BCUT2D eigenvalue weighted by Gasteiger charge is 2.45. The lowest BCUT2D eigenvalue weighted by Gasteiger charge is -2.27. The summed E-state index contributed by atoms with van der Waals surface area (Å²) in [5.41, 5.74) is 0.0785. The highest BCUT2D eigenvalue weighted by Crippen LogP contribution is 2.24. The molecule has 0 aromatic heterocycles. The molecule has 1 aromatic carbocycles. The Hall–Kier alpha value is -1.55. The van der Waals surface area contributed by atoms with Crippen LogP contribution in [-0.2, 0) is 11.3 Å². The number of hydrogen-bond donors (Lipinski definition) is 1. The average molecular weight is 253 g/mol. The van der Waals surface area contributed by atoms with E-state index in [1.54, 1.807) is 26.0 Å². The summed E-state index contributed by atoms with van der Waals surface area (Å²) in [7, 11) is 0. The topological polar surface area (TPSA) is 49.4 Å². The van der Waals surface area contributed by atoms with Crippen LogP contribution in [0.1, 0.15) is 19.4 Å². The van der Waals surface area contributed by atoms with Crippen molar-refractivity contribution in [2.24, 2.45) is 0 Å². The molecule has 1 fully saturated rings. The van der Waals surface area contributed by atoms with Gasteiger partial charge in [0.05, 0.1) is 0 Å². The van der Waals surface area contributed by atoms with E-state index in [1.165, 1.54) is 4.90 Å². The Labute approximate surface area is 105 Å². The minimum atomic E-state index is -0.820. The van der Waals surface area contributed by atoms with E-state index in [0.29, 0.717) is 11.6 Å². The molecule has 1 aromatic rings. The highest BCUT2D eigenvalue weighted by molar-refractivity contribution is 6.30. The highest BCUT2D eigenvalue weighted by atomic mass is 35.5. The molecule has 1 heterocycles. The fraction of sp³-hybridized carbons (Fsp3) is 0.333. The van der Waals surface area contributed by atoms with Gasteiger partial charge in [-0.1, -0.05) is 23.7 Å². The molecule has 0 unspecified atom stereocenters. The van der Waals surface area contributed by atoms with Crippen LogP contribution < -0.4 is 5.32 Å². The van der Waals surface area contributed by atoms with Crippen molar-refractivity contribution >= 4 is 23.5 Å². The molecule has 4 nitrogen and oxygen atoms in total. The number of amides is 3. The molecule has 1 aliphatic heterocycles. The first-order chi connectivity index (χ1) is 7.91. The predicted molar refractivity (Wildman–Crippen MR) is 64.6 cm³/mol. The van der Waals surface area contributed by atoms with Crippen molar-refractivity contribution in [2.45, 2.75) is 25.9 Å². The summed E-state index contributed by atoms with van der Waals surface area (Å²) >= 11 is 5.88. The number of halogens is 1. The van der Waals surface area contributed by atoms with E-state index in [4.69, 9.17) is 11.6 Å². The van der Waals surface area contributed by atoms with Crippen LogP contribution in [0.4, 0.5) is 4.79 Å². The number of benzene rings is 1. The van der Waals surface area contributed by atoms with Crippen molar-refractivity contribution < 1.29 is 9.59 Å². The zero-order chi connectivity index (χ0) is 12.6. The molecule has 0 saturated carbocycles. The van der Waals surface area contributed by atoms with Gasteiger partial charge in [-0.2, -0.15) is 0 Å². The first kappa shape index (κ1) is 11.9. The van der Waals surface area contributed by atoms with Gasteiger partial charge in [0.25, 0.3) is 5.91 Å². The number of hydrogen-bond acceptors (Lipinski definition) is 2. The van der Waals surface area contributed by atoms with Gasteiger partial charge in [0.15, 0.2) is 0 Å². The van der Waals surface area contributed by atoms with E-state index < -0.39 is 5.54 Å². The largest absolute Gasteiger partial charge is 0.325 e. The van der Waals surface area contributed by atoms with Crippen LogP contribution >= 0.6 is 11.6 Å². The van der Waals surface area contributed by atoms with Crippen LogP contribution in [0, 0.1) is 0 Å². The SMILES string of the molecule is CC1(C)C(=O)NC(=O)N1Cc1cccc(Cl)c1. The molecule has 0 atom stereocenters. The van der Waals surface area contributed by atoms with Gasteiger partial charge in [0, 0.05) is 11.6 Å². The summed E-state index contributed by atoms with van der Waals surface area (Å²) < 4.78 is 0. The molecule has 90 valence electrons. The van der Waals surface area contributed by atoms with Crippen molar-refractivity contribution in [1.82, 2.24) is 10.2 Å². The third-order valence-electron chi connectivity index (χ3n) is 2.93. The number of carbonyl (C=O) groups excluding carboxylic acids is 2. The molecular weight excluding hydrogens is 240 g/mol. The van der Waals surface area contributed by atoms with Crippen molar-refractivity contribution in [3.63, 3.8) is 0 Å². The number of rotatable bonds is 2. The third-order valence-corrected chi connectivity index (χ3v) is 3.16. The fourth-order valence-electron chi connectivity index (χ4n) is 1.78. The number of imide groups is 1. The lowest BCUT2D eigenvalue weighted by molar-refractivity contribution is -0.125. The Balaban J connectivity index is 2.24. The standard InChI is InChI=1S/C12H13ClN2O2/c1-12(2)10(16)14-11(17)15(12)7-8-4-3-5-9(13)6-8/h3-6H,7H2,1-2H3,(H,14,16,17). The monoisotopic (exact) mass is 252 g/mol. The minimum absolute atomic E-state index is 0.274. The van der Waals surface area contributed by atoms with Crippen molar-refractivity contribution in [2.75, 3.05) is 0 Å². The second-order valence-electron chi connectivity index (χ2n) is 4.53. The van der Waals surface area contributed by atoms with Crippen LogP contribution in [0.15, 0.2) is 24.3 Å². The molecule has 1 N–H and O–H groups in total. The van der Waals surface area contributed by atoms with E-state index in [-0.39, 0.29) is 11.9 Å². The number of urea groups is 1. The molecule has 2 rings (SSSR count).